The molecule has 5 heteroatoms. The third kappa shape index (κ3) is 3.72. The van der Waals surface area contributed by atoms with Gasteiger partial charge < -0.3 is 15.0 Å². The normalized spacial score (nSPS) is 22.6. The Labute approximate surface area is 122 Å². The van der Waals surface area contributed by atoms with Gasteiger partial charge in [-0.15, -0.1) is 0 Å². The fourth-order valence-corrected chi connectivity index (χ4v) is 2.69. The van der Waals surface area contributed by atoms with Crippen molar-refractivity contribution in [2.75, 3.05) is 19.8 Å². The Morgan fingerprint density at radius 1 is 1.25 bits per heavy atom. The van der Waals surface area contributed by atoms with E-state index in [-0.39, 0.29) is 17.9 Å². The molecule has 1 atom stereocenters. The molecule has 1 saturated heterocycles. The van der Waals surface area contributed by atoms with E-state index < -0.39 is 5.54 Å². The zero-order valence-electron chi connectivity index (χ0n) is 13.2. The molecular formula is C15H28N2O3. The van der Waals surface area contributed by atoms with Crippen LogP contribution in [0.4, 0.5) is 0 Å². The summed E-state index contributed by atoms with van der Waals surface area (Å²) >= 11 is 0. The van der Waals surface area contributed by atoms with Crippen molar-refractivity contribution in [1.29, 1.82) is 0 Å². The van der Waals surface area contributed by atoms with E-state index in [1.54, 1.807) is 4.90 Å². The zero-order chi connectivity index (χ0) is 15.2. The molecule has 1 N–H and O–H groups in total. The predicted octanol–water partition coefficient (Wildman–Crippen LogP) is 1.71. The van der Waals surface area contributed by atoms with Gasteiger partial charge >= 0.3 is 0 Å². The van der Waals surface area contributed by atoms with E-state index in [1.807, 2.05) is 20.8 Å². The van der Waals surface area contributed by atoms with Crippen LogP contribution in [0.25, 0.3) is 0 Å². The van der Waals surface area contributed by atoms with Crippen LogP contribution in [0.3, 0.4) is 0 Å². The van der Waals surface area contributed by atoms with Crippen LogP contribution in [-0.4, -0.2) is 48.1 Å². The molecule has 5 nitrogen and oxygen atoms in total. The molecule has 0 aromatic heterocycles. The zero-order valence-corrected chi connectivity index (χ0v) is 13.2. The molecule has 1 rings (SSSR count). The van der Waals surface area contributed by atoms with Crippen molar-refractivity contribution in [2.45, 2.75) is 65.0 Å². The summed E-state index contributed by atoms with van der Waals surface area (Å²) < 4.78 is 5.49. The van der Waals surface area contributed by atoms with Gasteiger partial charge in [-0.05, 0) is 26.2 Å². The van der Waals surface area contributed by atoms with E-state index in [4.69, 9.17) is 4.74 Å². The third-order valence-corrected chi connectivity index (χ3v) is 4.09. The molecule has 0 aliphatic carbocycles. The van der Waals surface area contributed by atoms with Crippen molar-refractivity contribution in [3.05, 3.63) is 0 Å². The second-order valence-corrected chi connectivity index (χ2v) is 5.50. The lowest BCUT2D eigenvalue weighted by atomic mass is 9.91. The Bertz CT molecular complexity index is 340. The average molecular weight is 284 g/mol. The number of carbonyl (C=O) groups excluding carboxylic acids is 2. The molecule has 2 amide bonds. The summed E-state index contributed by atoms with van der Waals surface area (Å²) in [4.78, 5) is 26.6. The van der Waals surface area contributed by atoms with E-state index in [2.05, 4.69) is 12.2 Å². The van der Waals surface area contributed by atoms with Crippen molar-refractivity contribution >= 4 is 11.8 Å². The lowest BCUT2D eigenvalue weighted by Crippen LogP contribution is -2.57. The topological polar surface area (TPSA) is 58.6 Å². The quantitative estimate of drug-likeness (QED) is 0.724. The summed E-state index contributed by atoms with van der Waals surface area (Å²) in [5.74, 6) is -0.00697. The molecule has 116 valence electrons. The van der Waals surface area contributed by atoms with Crippen LogP contribution in [0.15, 0.2) is 0 Å². The predicted molar refractivity (Wildman–Crippen MR) is 78.4 cm³/mol. The van der Waals surface area contributed by atoms with Gasteiger partial charge in [0.05, 0.1) is 6.61 Å². The van der Waals surface area contributed by atoms with Gasteiger partial charge in [-0.1, -0.05) is 20.8 Å². The van der Waals surface area contributed by atoms with Crippen LogP contribution in [0.5, 0.6) is 0 Å². The number of hydrogen-bond acceptors (Lipinski definition) is 3. The van der Waals surface area contributed by atoms with Gasteiger partial charge in [-0.25, -0.2) is 0 Å². The molecule has 1 aliphatic heterocycles. The molecule has 1 unspecified atom stereocenters. The maximum Gasteiger partial charge on any atom is 0.248 e. The van der Waals surface area contributed by atoms with Crippen LogP contribution >= 0.6 is 0 Å². The van der Waals surface area contributed by atoms with E-state index in [0.717, 1.165) is 6.42 Å². The maximum atomic E-state index is 12.8. The number of hydrogen-bond donors (Lipinski definition) is 1. The molecule has 0 aromatic rings. The van der Waals surface area contributed by atoms with Gasteiger partial charge in [-0.2, -0.15) is 0 Å². The highest BCUT2D eigenvalue weighted by Crippen LogP contribution is 2.24. The molecule has 0 radical (unpaired) electrons. The Morgan fingerprint density at radius 3 is 2.45 bits per heavy atom. The highest BCUT2D eigenvalue weighted by molar-refractivity contribution is 5.93. The minimum absolute atomic E-state index is 0.0287. The molecular weight excluding hydrogens is 256 g/mol. The first kappa shape index (κ1) is 17.0. The van der Waals surface area contributed by atoms with Crippen molar-refractivity contribution in [1.82, 2.24) is 10.2 Å². The number of amides is 2. The van der Waals surface area contributed by atoms with Crippen LogP contribution in [0, 0.1) is 0 Å². The molecule has 1 heterocycles. The number of nitrogens with zero attached hydrogens (tertiary/aromatic N) is 1. The van der Waals surface area contributed by atoms with Crippen molar-refractivity contribution in [2.24, 2.45) is 0 Å². The molecule has 0 saturated carbocycles. The summed E-state index contributed by atoms with van der Waals surface area (Å²) in [7, 11) is 0. The number of ether oxygens (including phenoxy) is 1. The third-order valence-electron chi connectivity index (χ3n) is 4.09. The molecule has 0 bridgehead atoms. The van der Waals surface area contributed by atoms with Crippen molar-refractivity contribution in [3.63, 3.8) is 0 Å². The van der Waals surface area contributed by atoms with Crippen molar-refractivity contribution in [3.8, 4) is 0 Å². The molecule has 1 fully saturated rings. The Balaban J connectivity index is 2.83. The standard InChI is InChI=1S/C15H28N2O3/c1-5-9-20-10-8-17-12(4)11-13(18)16-15(6-2,7-3)14(17)19/h12H,5-11H2,1-4H3,(H,16,18). The molecule has 1 aliphatic rings. The smallest absolute Gasteiger partial charge is 0.248 e. The van der Waals surface area contributed by atoms with Gasteiger partial charge in [-0.3, -0.25) is 9.59 Å². The first-order valence-corrected chi connectivity index (χ1v) is 7.70. The highest BCUT2D eigenvalue weighted by atomic mass is 16.5. The summed E-state index contributed by atoms with van der Waals surface area (Å²) in [6.45, 7) is 9.67. The highest BCUT2D eigenvalue weighted by Gasteiger charge is 2.43. The summed E-state index contributed by atoms with van der Waals surface area (Å²) in [6.07, 6.45) is 2.57. The summed E-state index contributed by atoms with van der Waals surface area (Å²) in [6, 6.07) is -0.0762. The SMILES string of the molecule is CCCOCCN1C(=O)C(CC)(CC)NC(=O)CC1C. The number of carbonyl (C=O) groups is 2. The number of nitrogens with one attached hydrogen (secondary N) is 1. The molecule has 0 spiro atoms. The first-order valence-electron chi connectivity index (χ1n) is 7.70. The maximum absolute atomic E-state index is 12.8. The van der Waals surface area contributed by atoms with Crippen LogP contribution in [0.2, 0.25) is 0 Å². The monoisotopic (exact) mass is 284 g/mol. The fourth-order valence-electron chi connectivity index (χ4n) is 2.69. The minimum Gasteiger partial charge on any atom is -0.380 e. The van der Waals surface area contributed by atoms with Crippen LogP contribution in [0.1, 0.15) is 53.4 Å². The van der Waals surface area contributed by atoms with Gasteiger partial charge in [0, 0.05) is 25.6 Å². The Hall–Kier alpha value is -1.10. The van der Waals surface area contributed by atoms with Crippen LogP contribution in [-0.2, 0) is 14.3 Å². The summed E-state index contributed by atoms with van der Waals surface area (Å²) in [5, 5.41) is 2.93. The van der Waals surface area contributed by atoms with E-state index >= 15 is 0 Å². The second-order valence-electron chi connectivity index (χ2n) is 5.50. The Morgan fingerprint density at radius 2 is 1.90 bits per heavy atom. The van der Waals surface area contributed by atoms with Gasteiger partial charge in [0.2, 0.25) is 11.8 Å². The van der Waals surface area contributed by atoms with Crippen molar-refractivity contribution < 1.29 is 14.3 Å². The van der Waals surface area contributed by atoms with Gasteiger partial charge in [0.1, 0.15) is 5.54 Å². The van der Waals surface area contributed by atoms with Gasteiger partial charge in [0.15, 0.2) is 0 Å². The van der Waals surface area contributed by atoms with E-state index in [0.29, 0.717) is 39.0 Å². The second kappa shape index (κ2) is 7.62. The molecule has 20 heavy (non-hydrogen) atoms. The Kier molecular flexibility index (Phi) is 6.46. The van der Waals surface area contributed by atoms with E-state index in [1.165, 1.54) is 0 Å². The first-order chi connectivity index (χ1) is 9.50. The summed E-state index contributed by atoms with van der Waals surface area (Å²) in [5.41, 5.74) is -0.743. The largest absolute Gasteiger partial charge is 0.380 e. The average Bonchev–Trinajstić information content (AvgIpc) is 2.52. The lowest BCUT2D eigenvalue weighted by Gasteiger charge is -2.35. The minimum atomic E-state index is -0.743. The molecule has 0 aromatic carbocycles. The number of rotatable bonds is 7. The van der Waals surface area contributed by atoms with Crippen LogP contribution < -0.4 is 5.32 Å². The van der Waals surface area contributed by atoms with Gasteiger partial charge in [0.25, 0.3) is 0 Å². The fraction of sp³-hybridized carbons (Fsp3) is 0.867. The van der Waals surface area contributed by atoms with E-state index in [9.17, 15) is 9.59 Å². The lowest BCUT2D eigenvalue weighted by molar-refractivity contribution is -0.141.